The zero-order chi connectivity index (χ0) is 22.2. The molecule has 0 spiro atoms. The Balaban J connectivity index is 1.52. The molecule has 1 atom stereocenters. The van der Waals surface area contributed by atoms with Gasteiger partial charge in [0.05, 0.1) is 16.5 Å². The number of rotatable bonds is 6. The van der Waals surface area contributed by atoms with Crippen molar-refractivity contribution in [3.8, 4) is 22.6 Å². The summed E-state index contributed by atoms with van der Waals surface area (Å²) >= 11 is 1.31. The van der Waals surface area contributed by atoms with Crippen LogP contribution in [0.2, 0.25) is 0 Å². The zero-order valence-electron chi connectivity index (χ0n) is 17.9. The molecule has 0 bridgehead atoms. The van der Waals surface area contributed by atoms with Gasteiger partial charge in [0.25, 0.3) is 0 Å². The van der Waals surface area contributed by atoms with E-state index >= 15 is 0 Å². The Kier molecular flexibility index (Phi) is 5.30. The summed E-state index contributed by atoms with van der Waals surface area (Å²) in [6, 6.07) is 18.5. The minimum absolute atomic E-state index is 0.00179. The lowest BCUT2D eigenvalue weighted by Gasteiger charge is -2.12. The van der Waals surface area contributed by atoms with Crippen molar-refractivity contribution in [1.29, 1.82) is 0 Å². The summed E-state index contributed by atoms with van der Waals surface area (Å²) in [7, 11) is 0. The fourth-order valence-electron chi connectivity index (χ4n) is 3.53. The molecule has 7 nitrogen and oxygen atoms in total. The molecule has 1 amide bonds. The standard InChI is InChI=1S/C24H24N6OS/c1-14-7-9-16(10-8-14)21-13-19(18-5-3-4-6-20(18)27-21)22-28-29-24(30(22)25)32-15(2)23(31)26-17-11-12-17/h3-10,13,15,17H,11-12,25H2,1-2H3,(H,26,31)/t15-/m0/s1. The number of aryl methyl sites for hydroxylation is 1. The molecule has 2 aromatic heterocycles. The highest BCUT2D eigenvalue weighted by Crippen LogP contribution is 2.33. The highest BCUT2D eigenvalue weighted by Gasteiger charge is 2.27. The Morgan fingerprint density at radius 2 is 1.91 bits per heavy atom. The number of nitrogens with zero attached hydrogens (tertiary/aromatic N) is 4. The van der Waals surface area contributed by atoms with Crippen LogP contribution in [-0.2, 0) is 4.79 Å². The number of amides is 1. The fourth-order valence-corrected chi connectivity index (χ4v) is 4.31. The average molecular weight is 445 g/mol. The number of hydrogen-bond acceptors (Lipinski definition) is 6. The minimum Gasteiger partial charge on any atom is -0.352 e. The smallest absolute Gasteiger partial charge is 0.233 e. The van der Waals surface area contributed by atoms with Crippen molar-refractivity contribution in [3.05, 3.63) is 60.2 Å². The minimum atomic E-state index is -0.313. The second kappa shape index (κ2) is 8.27. The van der Waals surface area contributed by atoms with Crippen LogP contribution in [-0.4, -0.2) is 37.1 Å². The van der Waals surface area contributed by atoms with Crippen LogP contribution in [0.25, 0.3) is 33.5 Å². The molecule has 1 saturated carbocycles. The van der Waals surface area contributed by atoms with E-state index < -0.39 is 0 Å². The summed E-state index contributed by atoms with van der Waals surface area (Å²) < 4.78 is 1.46. The number of carbonyl (C=O) groups excluding carboxylic acids is 1. The van der Waals surface area contributed by atoms with Crippen LogP contribution in [0.5, 0.6) is 0 Å². The molecule has 0 aliphatic heterocycles. The van der Waals surface area contributed by atoms with Gasteiger partial charge in [-0.1, -0.05) is 59.8 Å². The van der Waals surface area contributed by atoms with Gasteiger partial charge in [-0.3, -0.25) is 4.79 Å². The molecule has 0 unspecified atom stereocenters. The van der Waals surface area contributed by atoms with E-state index in [0.717, 1.165) is 40.6 Å². The van der Waals surface area contributed by atoms with Crippen molar-refractivity contribution in [1.82, 2.24) is 25.2 Å². The van der Waals surface area contributed by atoms with Gasteiger partial charge in [-0.05, 0) is 38.8 Å². The second-order valence-corrected chi connectivity index (χ2v) is 9.47. The van der Waals surface area contributed by atoms with Crippen molar-refractivity contribution in [2.24, 2.45) is 0 Å². The zero-order valence-corrected chi connectivity index (χ0v) is 18.8. The van der Waals surface area contributed by atoms with E-state index in [2.05, 4.69) is 46.7 Å². The van der Waals surface area contributed by atoms with Crippen molar-refractivity contribution in [3.63, 3.8) is 0 Å². The average Bonchev–Trinajstić information content (AvgIpc) is 3.55. The van der Waals surface area contributed by atoms with Gasteiger partial charge in [0.15, 0.2) is 5.82 Å². The Labute approximate surface area is 190 Å². The molecule has 32 heavy (non-hydrogen) atoms. The van der Waals surface area contributed by atoms with Crippen molar-refractivity contribution < 1.29 is 4.79 Å². The maximum Gasteiger partial charge on any atom is 0.233 e. The van der Waals surface area contributed by atoms with Gasteiger partial charge >= 0.3 is 0 Å². The lowest BCUT2D eigenvalue weighted by Crippen LogP contribution is -2.32. The topological polar surface area (TPSA) is 98.7 Å². The molecule has 0 radical (unpaired) electrons. The summed E-state index contributed by atoms with van der Waals surface area (Å²) in [5.41, 5.74) is 4.76. The normalized spacial score (nSPS) is 14.4. The molecule has 2 aromatic carbocycles. The van der Waals surface area contributed by atoms with Gasteiger partial charge < -0.3 is 11.2 Å². The molecule has 1 aliphatic rings. The number of para-hydroxylation sites is 1. The number of benzene rings is 2. The van der Waals surface area contributed by atoms with E-state index in [9.17, 15) is 4.79 Å². The largest absolute Gasteiger partial charge is 0.352 e. The first-order valence-corrected chi connectivity index (χ1v) is 11.5. The number of hydrogen-bond donors (Lipinski definition) is 2. The second-order valence-electron chi connectivity index (χ2n) is 8.16. The van der Waals surface area contributed by atoms with Gasteiger partial charge in [0.2, 0.25) is 11.1 Å². The number of thioether (sulfide) groups is 1. The number of pyridine rings is 1. The van der Waals surface area contributed by atoms with E-state index in [4.69, 9.17) is 10.8 Å². The Morgan fingerprint density at radius 3 is 2.66 bits per heavy atom. The molecule has 5 rings (SSSR count). The van der Waals surface area contributed by atoms with Crippen LogP contribution in [0.3, 0.4) is 0 Å². The summed E-state index contributed by atoms with van der Waals surface area (Å²) in [4.78, 5) is 17.2. The van der Waals surface area contributed by atoms with Crippen molar-refractivity contribution >= 4 is 28.6 Å². The summed E-state index contributed by atoms with van der Waals surface area (Å²) in [6.07, 6.45) is 2.11. The first-order valence-electron chi connectivity index (χ1n) is 10.6. The Bertz CT molecular complexity index is 1300. The Morgan fingerprint density at radius 1 is 1.16 bits per heavy atom. The molecular weight excluding hydrogens is 420 g/mol. The molecule has 1 aliphatic carbocycles. The van der Waals surface area contributed by atoms with Gasteiger partial charge in [-0.15, -0.1) is 10.2 Å². The highest BCUT2D eigenvalue weighted by molar-refractivity contribution is 8.00. The van der Waals surface area contributed by atoms with Crippen LogP contribution in [0, 0.1) is 6.92 Å². The molecular formula is C24H24N6OS. The van der Waals surface area contributed by atoms with Crippen LogP contribution in [0.4, 0.5) is 0 Å². The molecule has 1 fully saturated rings. The van der Waals surface area contributed by atoms with Gasteiger partial charge in [0, 0.05) is 22.6 Å². The van der Waals surface area contributed by atoms with Crippen LogP contribution in [0.1, 0.15) is 25.3 Å². The number of carbonyl (C=O) groups is 1. The summed E-state index contributed by atoms with van der Waals surface area (Å²) in [5.74, 6) is 6.95. The first-order chi connectivity index (χ1) is 15.5. The quantitative estimate of drug-likeness (QED) is 0.345. The molecule has 162 valence electrons. The van der Waals surface area contributed by atoms with E-state index in [1.807, 2.05) is 37.3 Å². The SMILES string of the molecule is Cc1ccc(-c2cc(-c3nnc(S[C@@H](C)C(=O)NC4CC4)n3N)c3ccccc3n2)cc1. The van der Waals surface area contributed by atoms with E-state index in [1.54, 1.807) is 0 Å². The van der Waals surface area contributed by atoms with E-state index in [0.29, 0.717) is 17.0 Å². The van der Waals surface area contributed by atoms with Gasteiger partial charge in [-0.2, -0.15) is 0 Å². The first kappa shape index (κ1) is 20.5. The predicted molar refractivity (Wildman–Crippen MR) is 128 cm³/mol. The third kappa shape index (κ3) is 4.05. The third-order valence-corrected chi connectivity index (χ3v) is 6.60. The maximum absolute atomic E-state index is 12.3. The van der Waals surface area contributed by atoms with Crippen molar-refractivity contribution in [2.75, 3.05) is 5.84 Å². The van der Waals surface area contributed by atoms with Crippen LogP contribution in [0.15, 0.2) is 59.8 Å². The number of nitrogen functional groups attached to an aromatic ring is 1. The van der Waals surface area contributed by atoms with Gasteiger partial charge in [0.1, 0.15) is 0 Å². The fraction of sp³-hybridized carbons (Fsp3) is 0.250. The molecule has 0 saturated heterocycles. The molecule has 8 heteroatoms. The van der Waals surface area contributed by atoms with Gasteiger partial charge in [-0.25, -0.2) is 9.66 Å². The number of nitrogens with one attached hydrogen (secondary N) is 1. The monoisotopic (exact) mass is 444 g/mol. The maximum atomic E-state index is 12.3. The lowest BCUT2D eigenvalue weighted by molar-refractivity contribution is -0.120. The predicted octanol–water partition coefficient (Wildman–Crippen LogP) is 3.94. The number of fused-ring (bicyclic) bond motifs is 1. The third-order valence-electron chi connectivity index (χ3n) is 5.54. The summed E-state index contributed by atoms with van der Waals surface area (Å²) in [6.45, 7) is 3.92. The molecule has 4 aromatic rings. The molecule has 2 heterocycles. The lowest BCUT2D eigenvalue weighted by atomic mass is 10.0. The van der Waals surface area contributed by atoms with E-state index in [-0.39, 0.29) is 11.2 Å². The number of aromatic nitrogens is 4. The van der Waals surface area contributed by atoms with E-state index in [1.165, 1.54) is 22.0 Å². The summed E-state index contributed by atoms with van der Waals surface area (Å²) in [5, 5.41) is 12.8. The Hall–Kier alpha value is -3.39. The molecule has 3 N–H and O–H groups in total. The van der Waals surface area contributed by atoms with Crippen molar-refractivity contribution in [2.45, 2.75) is 43.1 Å². The van der Waals surface area contributed by atoms with Crippen LogP contribution < -0.4 is 11.2 Å². The van der Waals surface area contributed by atoms with Crippen LogP contribution >= 0.6 is 11.8 Å². The highest BCUT2D eigenvalue weighted by atomic mass is 32.2. The number of nitrogens with two attached hydrogens (primary N) is 1.